The number of carbonyl (C=O) groups excluding carboxylic acids is 1. The Kier molecular flexibility index (Phi) is 4.84. The third-order valence-electron chi connectivity index (χ3n) is 3.08. The zero-order valence-electron chi connectivity index (χ0n) is 11.9. The van der Waals surface area contributed by atoms with Crippen molar-refractivity contribution < 1.29 is 19.4 Å². The third kappa shape index (κ3) is 3.29. The summed E-state index contributed by atoms with van der Waals surface area (Å²) in [6.45, 7) is -0.172. The molecule has 2 N–H and O–H groups in total. The lowest BCUT2D eigenvalue weighted by Crippen LogP contribution is -2.39. The minimum absolute atomic E-state index is 0.00699. The van der Waals surface area contributed by atoms with Crippen LogP contribution in [0, 0.1) is 0 Å². The molecule has 8 heteroatoms. The molecule has 0 saturated carbocycles. The van der Waals surface area contributed by atoms with Crippen molar-refractivity contribution in [3.63, 3.8) is 0 Å². The van der Waals surface area contributed by atoms with Gasteiger partial charge in [-0.3, -0.25) is 14.4 Å². The van der Waals surface area contributed by atoms with Crippen molar-refractivity contribution in [3.05, 3.63) is 40.3 Å². The van der Waals surface area contributed by atoms with Crippen molar-refractivity contribution in [2.24, 2.45) is 0 Å². The lowest BCUT2D eigenvalue weighted by Gasteiger charge is -2.20. The first-order chi connectivity index (χ1) is 10.5. The van der Waals surface area contributed by atoms with E-state index in [4.69, 9.17) is 9.84 Å². The van der Waals surface area contributed by atoms with Crippen LogP contribution in [0.4, 0.5) is 0 Å². The molecule has 0 atom stereocenters. The fourth-order valence-electron chi connectivity index (χ4n) is 2.04. The van der Waals surface area contributed by atoms with Gasteiger partial charge in [-0.25, -0.2) is 5.10 Å². The Bertz CT molecular complexity index is 755. The Morgan fingerprint density at radius 3 is 2.64 bits per heavy atom. The fraction of sp³-hybridized carbons (Fsp3) is 0.286. The molecule has 8 nitrogen and oxygen atoms in total. The maximum Gasteiger partial charge on any atom is 0.323 e. The van der Waals surface area contributed by atoms with Gasteiger partial charge in [0.05, 0.1) is 12.0 Å². The standard InChI is InChI=1S/C14H15N3O5/c1-22-7-6-17(8-11(18)19)14(21)12-9-4-2-3-5-10(9)13(20)16-15-12/h2-5H,6-8H2,1H3,(H,16,20)(H,18,19). The summed E-state index contributed by atoms with van der Waals surface area (Å²) in [5.74, 6) is -1.72. The van der Waals surface area contributed by atoms with E-state index in [-0.39, 0.29) is 18.8 Å². The monoisotopic (exact) mass is 305 g/mol. The molecule has 0 spiro atoms. The Morgan fingerprint density at radius 2 is 2.00 bits per heavy atom. The van der Waals surface area contributed by atoms with Gasteiger partial charge in [0.25, 0.3) is 11.5 Å². The van der Waals surface area contributed by atoms with Crippen LogP contribution in [0.2, 0.25) is 0 Å². The van der Waals surface area contributed by atoms with Crippen LogP contribution in [0.15, 0.2) is 29.1 Å². The number of nitrogens with one attached hydrogen (secondary N) is 1. The number of fused-ring (bicyclic) bond motifs is 1. The van der Waals surface area contributed by atoms with Crippen LogP contribution in [-0.2, 0) is 9.53 Å². The number of carboxylic acid groups (broad SMARTS) is 1. The smallest absolute Gasteiger partial charge is 0.323 e. The van der Waals surface area contributed by atoms with Gasteiger partial charge < -0.3 is 14.7 Å². The summed E-state index contributed by atoms with van der Waals surface area (Å²) >= 11 is 0. The van der Waals surface area contributed by atoms with Gasteiger partial charge in [-0.2, -0.15) is 5.10 Å². The van der Waals surface area contributed by atoms with Crippen molar-refractivity contribution in [2.45, 2.75) is 0 Å². The highest BCUT2D eigenvalue weighted by Gasteiger charge is 2.22. The summed E-state index contributed by atoms with van der Waals surface area (Å²) < 4.78 is 4.88. The van der Waals surface area contributed by atoms with Gasteiger partial charge in [0.1, 0.15) is 6.54 Å². The number of ether oxygens (including phenoxy) is 1. The van der Waals surface area contributed by atoms with E-state index in [0.717, 1.165) is 4.90 Å². The molecule has 116 valence electrons. The fourth-order valence-corrected chi connectivity index (χ4v) is 2.04. The summed E-state index contributed by atoms with van der Waals surface area (Å²) in [5.41, 5.74) is -0.402. The van der Waals surface area contributed by atoms with Crippen LogP contribution in [0.3, 0.4) is 0 Å². The van der Waals surface area contributed by atoms with Crippen molar-refractivity contribution in [1.29, 1.82) is 0 Å². The number of benzene rings is 1. The van der Waals surface area contributed by atoms with E-state index in [1.165, 1.54) is 7.11 Å². The highest BCUT2D eigenvalue weighted by atomic mass is 16.5. The van der Waals surface area contributed by atoms with Crippen LogP contribution in [0.25, 0.3) is 10.8 Å². The number of aromatic nitrogens is 2. The quantitative estimate of drug-likeness (QED) is 0.782. The van der Waals surface area contributed by atoms with Crippen molar-refractivity contribution in [1.82, 2.24) is 15.1 Å². The largest absolute Gasteiger partial charge is 0.480 e. The second-order valence-corrected chi connectivity index (χ2v) is 4.56. The Balaban J connectivity index is 2.44. The molecular formula is C14H15N3O5. The van der Waals surface area contributed by atoms with Gasteiger partial charge >= 0.3 is 5.97 Å². The zero-order chi connectivity index (χ0) is 16.1. The normalized spacial score (nSPS) is 10.6. The summed E-state index contributed by atoms with van der Waals surface area (Å²) in [4.78, 5) is 36.3. The first-order valence-electron chi connectivity index (χ1n) is 6.52. The van der Waals surface area contributed by atoms with Crippen LogP contribution in [0.1, 0.15) is 10.5 Å². The van der Waals surface area contributed by atoms with E-state index >= 15 is 0 Å². The third-order valence-corrected chi connectivity index (χ3v) is 3.08. The highest BCUT2D eigenvalue weighted by molar-refractivity contribution is 6.05. The van der Waals surface area contributed by atoms with Crippen molar-refractivity contribution in [3.8, 4) is 0 Å². The molecular weight excluding hydrogens is 290 g/mol. The molecule has 1 heterocycles. The average molecular weight is 305 g/mol. The molecule has 0 aliphatic heterocycles. The molecule has 0 bridgehead atoms. The summed E-state index contributed by atoms with van der Waals surface area (Å²) in [5, 5.41) is 15.7. The van der Waals surface area contributed by atoms with Crippen LogP contribution < -0.4 is 5.56 Å². The molecule has 0 fully saturated rings. The zero-order valence-corrected chi connectivity index (χ0v) is 11.9. The maximum absolute atomic E-state index is 12.5. The predicted octanol–water partition coefficient (Wildman–Crippen LogP) is 0.0963. The minimum atomic E-state index is -1.14. The number of carboxylic acids is 1. The number of nitrogens with zero attached hydrogens (tertiary/aromatic N) is 2. The highest BCUT2D eigenvalue weighted by Crippen LogP contribution is 2.14. The number of aliphatic carboxylic acids is 1. The lowest BCUT2D eigenvalue weighted by molar-refractivity contribution is -0.137. The van der Waals surface area contributed by atoms with Gasteiger partial charge in [0, 0.05) is 19.0 Å². The average Bonchev–Trinajstić information content (AvgIpc) is 2.51. The summed E-state index contributed by atoms with van der Waals surface area (Å²) in [6, 6.07) is 6.52. The van der Waals surface area contributed by atoms with Gasteiger partial charge in [-0.1, -0.05) is 18.2 Å². The summed E-state index contributed by atoms with van der Waals surface area (Å²) in [7, 11) is 1.46. The predicted molar refractivity (Wildman–Crippen MR) is 77.8 cm³/mol. The van der Waals surface area contributed by atoms with E-state index in [1.54, 1.807) is 24.3 Å². The maximum atomic E-state index is 12.5. The lowest BCUT2D eigenvalue weighted by atomic mass is 10.1. The van der Waals surface area contributed by atoms with Crippen LogP contribution in [-0.4, -0.2) is 58.9 Å². The number of hydrogen-bond acceptors (Lipinski definition) is 5. The molecule has 0 saturated heterocycles. The van der Waals surface area contributed by atoms with Gasteiger partial charge in [0.2, 0.25) is 0 Å². The van der Waals surface area contributed by atoms with Crippen molar-refractivity contribution >= 4 is 22.6 Å². The Hall–Kier alpha value is -2.74. The number of carbonyl (C=O) groups is 2. The number of aromatic amines is 1. The molecule has 22 heavy (non-hydrogen) atoms. The van der Waals surface area contributed by atoms with E-state index in [0.29, 0.717) is 10.8 Å². The molecule has 2 rings (SSSR count). The first-order valence-corrected chi connectivity index (χ1v) is 6.52. The van der Waals surface area contributed by atoms with E-state index in [2.05, 4.69) is 10.2 Å². The molecule has 0 aliphatic carbocycles. The van der Waals surface area contributed by atoms with E-state index < -0.39 is 24.0 Å². The molecule has 0 unspecified atom stereocenters. The van der Waals surface area contributed by atoms with Gasteiger partial charge in [0.15, 0.2) is 5.69 Å². The Labute approximate surface area is 125 Å². The molecule has 1 aromatic carbocycles. The summed E-state index contributed by atoms with van der Waals surface area (Å²) in [6.07, 6.45) is 0. The first kappa shape index (κ1) is 15.6. The molecule has 2 aromatic rings. The number of H-pyrrole nitrogens is 1. The second-order valence-electron chi connectivity index (χ2n) is 4.56. The SMILES string of the molecule is COCCN(CC(=O)O)C(=O)c1n[nH]c(=O)c2ccccc12. The topological polar surface area (TPSA) is 113 Å². The minimum Gasteiger partial charge on any atom is -0.480 e. The van der Waals surface area contributed by atoms with Crippen LogP contribution >= 0.6 is 0 Å². The van der Waals surface area contributed by atoms with E-state index in [1.807, 2.05) is 0 Å². The van der Waals surface area contributed by atoms with Gasteiger partial charge in [-0.05, 0) is 6.07 Å². The van der Waals surface area contributed by atoms with Crippen LogP contribution in [0.5, 0.6) is 0 Å². The Morgan fingerprint density at radius 1 is 1.32 bits per heavy atom. The second kappa shape index (κ2) is 6.81. The number of hydrogen-bond donors (Lipinski definition) is 2. The van der Waals surface area contributed by atoms with E-state index in [9.17, 15) is 14.4 Å². The van der Waals surface area contributed by atoms with Gasteiger partial charge in [-0.15, -0.1) is 0 Å². The molecule has 0 radical (unpaired) electrons. The number of amides is 1. The molecule has 1 aromatic heterocycles. The number of methoxy groups -OCH3 is 1. The van der Waals surface area contributed by atoms with Crippen molar-refractivity contribution in [2.75, 3.05) is 26.8 Å². The molecule has 0 aliphatic rings. The molecule has 1 amide bonds. The number of rotatable bonds is 6.